The maximum absolute atomic E-state index is 11.3. The zero-order valence-corrected chi connectivity index (χ0v) is 10.7. The third-order valence-electron chi connectivity index (χ3n) is 1.92. The van der Waals surface area contributed by atoms with Gasteiger partial charge in [-0.1, -0.05) is 18.1 Å². The summed E-state index contributed by atoms with van der Waals surface area (Å²) in [5, 5.41) is 9.07. The number of esters is 1. The van der Waals surface area contributed by atoms with Gasteiger partial charge in [0, 0.05) is 6.42 Å². The smallest absolute Gasteiger partial charge is 0.308 e. The summed E-state index contributed by atoms with van der Waals surface area (Å²) in [6, 6.07) is 6.71. The molecule has 1 aromatic carbocycles. The van der Waals surface area contributed by atoms with E-state index in [1.807, 2.05) is 22.6 Å². The first-order valence-corrected chi connectivity index (χ1v) is 5.94. The molecule has 84 valence electrons. The largest absolute Gasteiger partial charge is 0.508 e. The predicted octanol–water partition coefficient (Wildman–Crippen LogP) is 2.26. The molecule has 0 aliphatic heterocycles. The lowest BCUT2D eigenvalue weighted by atomic mass is 10.1. The number of hydrogen-bond acceptors (Lipinski definition) is 3. The van der Waals surface area contributed by atoms with E-state index in [4.69, 9.17) is 16.3 Å². The van der Waals surface area contributed by atoms with Gasteiger partial charge in [0.1, 0.15) is 5.75 Å². The molecule has 16 heavy (non-hydrogen) atoms. The lowest BCUT2D eigenvalue weighted by Gasteiger charge is -2.05. The number of halogens is 1. The Kier molecular flexibility index (Phi) is 5.12. The van der Waals surface area contributed by atoms with E-state index in [1.165, 1.54) is 0 Å². The van der Waals surface area contributed by atoms with Crippen molar-refractivity contribution in [3.8, 4) is 18.1 Å². The van der Waals surface area contributed by atoms with E-state index in [0.29, 0.717) is 6.42 Å². The molecule has 0 saturated heterocycles. The summed E-state index contributed by atoms with van der Waals surface area (Å²) < 4.78 is 4.40. The first-order chi connectivity index (χ1) is 7.61. The van der Waals surface area contributed by atoms with Gasteiger partial charge in [0.15, 0.2) is 0 Å². The van der Waals surface area contributed by atoms with Gasteiger partial charge in [0.05, 0.1) is 0 Å². The van der Waals surface area contributed by atoms with Crippen molar-refractivity contribution in [3.05, 3.63) is 29.8 Å². The number of benzene rings is 1. The topological polar surface area (TPSA) is 46.5 Å². The average Bonchev–Trinajstić information content (AvgIpc) is 2.28. The van der Waals surface area contributed by atoms with Crippen LogP contribution in [0.4, 0.5) is 0 Å². The second-order valence-corrected chi connectivity index (χ2v) is 4.27. The van der Waals surface area contributed by atoms with Gasteiger partial charge in [-0.05, 0) is 46.7 Å². The Morgan fingerprint density at radius 3 is 2.69 bits per heavy atom. The highest BCUT2D eigenvalue weighted by atomic mass is 127. The lowest BCUT2D eigenvalue weighted by Crippen LogP contribution is -2.10. The molecule has 1 aromatic rings. The Labute approximate surface area is 108 Å². The molecule has 0 aliphatic rings. The van der Waals surface area contributed by atoms with Gasteiger partial charge < -0.3 is 9.84 Å². The molecule has 0 fully saturated rings. The number of aromatic hydroxyl groups is 1. The third-order valence-corrected chi connectivity index (χ3v) is 2.53. The highest BCUT2D eigenvalue weighted by Crippen LogP contribution is 2.12. The molecular weight excluding hydrogens is 319 g/mol. The van der Waals surface area contributed by atoms with Crippen molar-refractivity contribution in [2.45, 2.75) is 17.0 Å². The maximum atomic E-state index is 11.3. The van der Waals surface area contributed by atoms with Crippen LogP contribution in [0.25, 0.3) is 0 Å². The molecule has 1 N–H and O–H groups in total. The van der Waals surface area contributed by atoms with Crippen molar-refractivity contribution in [2.75, 3.05) is 0 Å². The molecule has 4 heteroatoms. The van der Waals surface area contributed by atoms with Crippen LogP contribution in [0.15, 0.2) is 24.3 Å². The van der Waals surface area contributed by atoms with Crippen molar-refractivity contribution in [3.63, 3.8) is 0 Å². The monoisotopic (exact) mass is 330 g/mol. The fraction of sp³-hybridized carbons (Fsp3) is 0.250. The number of hydrogen-bond donors (Lipinski definition) is 1. The maximum Gasteiger partial charge on any atom is 0.308 e. The van der Waals surface area contributed by atoms with Crippen LogP contribution in [-0.4, -0.2) is 15.2 Å². The van der Waals surface area contributed by atoms with E-state index in [1.54, 1.807) is 24.3 Å². The van der Waals surface area contributed by atoms with Gasteiger partial charge in [-0.3, -0.25) is 4.79 Å². The number of rotatable bonds is 4. The van der Waals surface area contributed by atoms with E-state index in [-0.39, 0.29) is 18.1 Å². The number of carbonyl (C=O) groups excluding carboxylic acids is 1. The summed E-state index contributed by atoms with van der Waals surface area (Å²) >= 11 is 1.87. The minimum Gasteiger partial charge on any atom is -0.508 e. The second kappa shape index (κ2) is 6.38. The molecule has 0 saturated carbocycles. The standard InChI is InChI=1S/C12H11IO3/c1-2-11(13)16-12(15)8-5-9-3-6-10(14)7-4-9/h1,3-4,6-7,11,14H,5,8H2. The second-order valence-electron chi connectivity index (χ2n) is 3.14. The summed E-state index contributed by atoms with van der Waals surface area (Å²) in [7, 11) is 0. The molecule has 0 amide bonds. The quantitative estimate of drug-likeness (QED) is 0.399. The van der Waals surface area contributed by atoms with Crippen molar-refractivity contribution >= 4 is 28.6 Å². The van der Waals surface area contributed by atoms with Gasteiger partial charge in [0.25, 0.3) is 0 Å². The predicted molar refractivity (Wildman–Crippen MR) is 69.2 cm³/mol. The molecule has 1 unspecified atom stereocenters. The minimum atomic E-state index is -0.509. The van der Waals surface area contributed by atoms with Gasteiger partial charge in [0.2, 0.25) is 4.11 Å². The van der Waals surface area contributed by atoms with Crippen molar-refractivity contribution in [1.82, 2.24) is 0 Å². The van der Waals surface area contributed by atoms with Crippen LogP contribution in [0, 0.1) is 12.3 Å². The summed E-state index contributed by atoms with van der Waals surface area (Å²) in [6.07, 6.45) is 5.94. The summed E-state index contributed by atoms with van der Waals surface area (Å²) in [5.41, 5.74) is 0.973. The van der Waals surface area contributed by atoms with Gasteiger partial charge in [-0.15, -0.1) is 6.42 Å². The highest BCUT2D eigenvalue weighted by Gasteiger charge is 2.07. The zero-order chi connectivity index (χ0) is 12.0. The normalized spacial score (nSPS) is 11.5. The fourth-order valence-electron chi connectivity index (χ4n) is 1.12. The molecule has 1 atom stereocenters. The fourth-order valence-corrected chi connectivity index (χ4v) is 1.40. The number of ether oxygens (including phenoxy) is 1. The SMILES string of the molecule is C#CC(I)OC(=O)CCc1ccc(O)cc1. The van der Waals surface area contributed by atoms with Gasteiger partial charge in [-0.2, -0.15) is 0 Å². The molecule has 0 heterocycles. The van der Waals surface area contributed by atoms with Crippen LogP contribution < -0.4 is 0 Å². The van der Waals surface area contributed by atoms with E-state index < -0.39 is 4.11 Å². The first-order valence-electron chi connectivity index (χ1n) is 4.69. The van der Waals surface area contributed by atoms with Crippen molar-refractivity contribution < 1.29 is 14.6 Å². The highest BCUT2D eigenvalue weighted by molar-refractivity contribution is 14.1. The van der Waals surface area contributed by atoms with Crippen LogP contribution in [0.2, 0.25) is 0 Å². The third kappa shape index (κ3) is 4.53. The molecule has 0 aliphatic carbocycles. The Balaban J connectivity index is 2.38. The Bertz CT molecular complexity index is 392. The van der Waals surface area contributed by atoms with Crippen molar-refractivity contribution in [2.24, 2.45) is 0 Å². The van der Waals surface area contributed by atoms with Gasteiger partial charge >= 0.3 is 5.97 Å². The van der Waals surface area contributed by atoms with Gasteiger partial charge in [-0.25, -0.2) is 0 Å². The summed E-state index contributed by atoms with van der Waals surface area (Å²) in [4.78, 5) is 11.3. The van der Waals surface area contributed by atoms with Crippen LogP contribution in [0.5, 0.6) is 5.75 Å². The molecule has 3 nitrogen and oxygen atoms in total. The van der Waals surface area contributed by atoms with E-state index in [2.05, 4.69) is 5.92 Å². The van der Waals surface area contributed by atoms with Crippen LogP contribution in [0.3, 0.4) is 0 Å². The Morgan fingerprint density at radius 1 is 1.50 bits per heavy atom. The van der Waals surface area contributed by atoms with E-state index in [9.17, 15) is 4.79 Å². The summed E-state index contributed by atoms with van der Waals surface area (Å²) in [5.74, 6) is 2.21. The molecule has 0 radical (unpaired) electrons. The number of phenolic OH excluding ortho intramolecular Hbond substituents is 1. The van der Waals surface area contributed by atoms with Crippen LogP contribution >= 0.6 is 22.6 Å². The zero-order valence-electron chi connectivity index (χ0n) is 8.52. The van der Waals surface area contributed by atoms with Crippen molar-refractivity contribution in [1.29, 1.82) is 0 Å². The number of phenols is 1. The minimum absolute atomic E-state index is 0.214. The molecule has 0 aromatic heterocycles. The number of aryl methyl sites for hydroxylation is 1. The lowest BCUT2D eigenvalue weighted by molar-refractivity contribution is -0.142. The number of carbonyl (C=O) groups is 1. The number of alkyl halides is 1. The average molecular weight is 330 g/mol. The molecule has 0 spiro atoms. The molecule has 1 rings (SSSR count). The van der Waals surface area contributed by atoms with E-state index >= 15 is 0 Å². The summed E-state index contributed by atoms with van der Waals surface area (Å²) in [6.45, 7) is 0. The molecular formula is C12H11IO3. The Hall–Kier alpha value is -1.22. The number of terminal acetylenes is 1. The van der Waals surface area contributed by atoms with E-state index in [0.717, 1.165) is 5.56 Å². The van der Waals surface area contributed by atoms with Crippen LogP contribution in [0.1, 0.15) is 12.0 Å². The Morgan fingerprint density at radius 2 is 2.12 bits per heavy atom. The van der Waals surface area contributed by atoms with Crippen LogP contribution in [-0.2, 0) is 16.0 Å². The molecule has 0 bridgehead atoms. The first kappa shape index (κ1) is 12.8.